The lowest BCUT2D eigenvalue weighted by Crippen LogP contribution is -2.04. The number of rotatable bonds is 5. The molecule has 100 valence electrons. The summed E-state index contributed by atoms with van der Waals surface area (Å²) in [6.07, 6.45) is 0. The van der Waals surface area contributed by atoms with Crippen LogP contribution in [0.25, 0.3) is 0 Å². The summed E-state index contributed by atoms with van der Waals surface area (Å²) in [6, 6.07) is 7.25. The number of anilines is 1. The second-order valence-corrected chi connectivity index (χ2v) is 3.86. The topological polar surface area (TPSA) is 69.2 Å². The van der Waals surface area contributed by atoms with Gasteiger partial charge in [-0.25, -0.2) is 0 Å². The molecule has 0 atom stereocenters. The summed E-state index contributed by atoms with van der Waals surface area (Å²) in [5, 5.41) is 3.02. The lowest BCUT2D eigenvalue weighted by Gasteiger charge is -2.07. The zero-order valence-corrected chi connectivity index (χ0v) is 11.3. The molecule has 0 fully saturated rings. The van der Waals surface area contributed by atoms with Crippen LogP contribution in [-0.2, 0) is 0 Å². The van der Waals surface area contributed by atoms with E-state index in [9.17, 15) is 0 Å². The highest BCUT2D eigenvalue weighted by Crippen LogP contribution is 2.23. The lowest BCUT2D eigenvalue weighted by molar-refractivity contribution is 0.404. The van der Waals surface area contributed by atoms with Crippen molar-refractivity contribution in [2.24, 2.45) is 0 Å². The van der Waals surface area contributed by atoms with Gasteiger partial charge in [-0.1, -0.05) is 6.07 Å². The van der Waals surface area contributed by atoms with Gasteiger partial charge in [-0.05, 0) is 30.7 Å². The first-order valence-corrected chi connectivity index (χ1v) is 6.06. The van der Waals surface area contributed by atoms with Crippen molar-refractivity contribution in [3.8, 4) is 17.5 Å². The Morgan fingerprint density at radius 1 is 1.21 bits per heavy atom. The minimum atomic E-state index is 0.0730. The average molecular weight is 281 g/mol. The number of nitrogens with zero attached hydrogens (tertiary/aromatic N) is 3. The molecule has 2 aromatic rings. The number of ether oxygens (including phenoxy) is 2. The second-order valence-electron chi connectivity index (χ2n) is 3.52. The van der Waals surface area contributed by atoms with Crippen LogP contribution in [0.1, 0.15) is 6.92 Å². The first-order valence-electron chi connectivity index (χ1n) is 5.68. The van der Waals surface area contributed by atoms with Crippen LogP contribution < -0.4 is 14.8 Å². The fourth-order valence-corrected chi connectivity index (χ4v) is 1.54. The van der Waals surface area contributed by atoms with E-state index in [1.54, 1.807) is 19.2 Å². The first kappa shape index (κ1) is 13.4. The first-order chi connectivity index (χ1) is 9.21. The number of methoxy groups -OCH3 is 1. The molecule has 19 heavy (non-hydrogen) atoms. The molecule has 1 heterocycles. The third kappa shape index (κ3) is 3.69. The SMILES string of the molecule is CCNc1nc(Cl)nc(Oc2cccc(OC)c2)n1. The van der Waals surface area contributed by atoms with Gasteiger partial charge in [0, 0.05) is 12.6 Å². The summed E-state index contributed by atoms with van der Waals surface area (Å²) >= 11 is 5.80. The molecule has 0 aliphatic carbocycles. The number of hydrogen-bond donors (Lipinski definition) is 1. The maximum Gasteiger partial charge on any atom is 0.328 e. The number of benzene rings is 1. The van der Waals surface area contributed by atoms with E-state index in [0.29, 0.717) is 24.0 Å². The fourth-order valence-electron chi connectivity index (χ4n) is 1.38. The molecule has 0 saturated heterocycles. The minimum Gasteiger partial charge on any atom is -0.497 e. The van der Waals surface area contributed by atoms with Gasteiger partial charge < -0.3 is 14.8 Å². The maximum absolute atomic E-state index is 5.80. The molecule has 1 N–H and O–H groups in total. The van der Waals surface area contributed by atoms with E-state index >= 15 is 0 Å². The van der Waals surface area contributed by atoms with Crippen LogP contribution >= 0.6 is 11.6 Å². The Morgan fingerprint density at radius 2 is 2.00 bits per heavy atom. The Bertz CT molecular complexity index is 565. The van der Waals surface area contributed by atoms with Gasteiger partial charge in [-0.15, -0.1) is 0 Å². The van der Waals surface area contributed by atoms with Gasteiger partial charge in [0.1, 0.15) is 11.5 Å². The predicted octanol–water partition coefficient (Wildman–Crippen LogP) is 2.76. The summed E-state index contributed by atoms with van der Waals surface area (Å²) in [4.78, 5) is 11.9. The van der Waals surface area contributed by atoms with Gasteiger partial charge in [0.25, 0.3) is 0 Å². The molecular weight excluding hydrogens is 268 g/mol. The lowest BCUT2D eigenvalue weighted by atomic mass is 10.3. The monoisotopic (exact) mass is 280 g/mol. The van der Waals surface area contributed by atoms with Crippen molar-refractivity contribution in [3.63, 3.8) is 0 Å². The number of halogens is 1. The molecule has 0 spiro atoms. The quantitative estimate of drug-likeness (QED) is 0.908. The van der Waals surface area contributed by atoms with E-state index in [1.165, 1.54) is 0 Å². The molecular formula is C12H13ClN4O2. The molecule has 0 aliphatic rings. The molecule has 0 saturated carbocycles. The van der Waals surface area contributed by atoms with Gasteiger partial charge in [0.05, 0.1) is 7.11 Å². The van der Waals surface area contributed by atoms with E-state index in [1.807, 2.05) is 19.1 Å². The predicted molar refractivity (Wildman–Crippen MR) is 72.1 cm³/mol. The number of hydrogen-bond acceptors (Lipinski definition) is 6. The van der Waals surface area contributed by atoms with Crippen molar-refractivity contribution in [3.05, 3.63) is 29.5 Å². The average Bonchev–Trinajstić information content (AvgIpc) is 2.38. The zero-order chi connectivity index (χ0) is 13.7. The van der Waals surface area contributed by atoms with Gasteiger partial charge >= 0.3 is 6.01 Å². The minimum absolute atomic E-state index is 0.0730. The van der Waals surface area contributed by atoms with E-state index in [0.717, 1.165) is 0 Å². The van der Waals surface area contributed by atoms with Crippen molar-refractivity contribution < 1.29 is 9.47 Å². The van der Waals surface area contributed by atoms with Gasteiger partial charge in [0.2, 0.25) is 11.2 Å². The number of nitrogens with one attached hydrogen (secondary N) is 1. The van der Waals surface area contributed by atoms with Crippen molar-refractivity contribution in [2.45, 2.75) is 6.92 Å². The Labute approximate surface area is 115 Å². The molecule has 0 aliphatic heterocycles. The molecule has 1 aromatic carbocycles. The van der Waals surface area contributed by atoms with Gasteiger partial charge in [-0.2, -0.15) is 15.0 Å². The maximum atomic E-state index is 5.80. The second kappa shape index (κ2) is 6.19. The van der Waals surface area contributed by atoms with Crippen LogP contribution in [0.5, 0.6) is 17.5 Å². The highest BCUT2D eigenvalue weighted by atomic mass is 35.5. The zero-order valence-electron chi connectivity index (χ0n) is 10.6. The van der Waals surface area contributed by atoms with Crippen LogP contribution in [0.2, 0.25) is 5.28 Å². The Morgan fingerprint density at radius 3 is 2.74 bits per heavy atom. The summed E-state index contributed by atoms with van der Waals surface area (Å²) in [6.45, 7) is 2.61. The van der Waals surface area contributed by atoms with E-state index in [2.05, 4.69) is 20.3 Å². The van der Waals surface area contributed by atoms with Gasteiger partial charge in [-0.3, -0.25) is 0 Å². The third-order valence-electron chi connectivity index (χ3n) is 2.17. The Balaban J connectivity index is 2.22. The van der Waals surface area contributed by atoms with Crippen molar-refractivity contribution in [1.82, 2.24) is 15.0 Å². The van der Waals surface area contributed by atoms with E-state index in [4.69, 9.17) is 21.1 Å². The van der Waals surface area contributed by atoms with E-state index in [-0.39, 0.29) is 11.3 Å². The highest BCUT2D eigenvalue weighted by Gasteiger charge is 2.07. The summed E-state index contributed by atoms with van der Waals surface area (Å²) in [5.41, 5.74) is 0. The van der Waals surface area contributed by atoms with Crippen LogP contribution in [0, 0.1) is 0 Å². The standard InChI is InChI=1S/C12H13ClN4O2/c1-3-14-11-15-10(13)16-12(17-11)19-9-6-4-5-8(7-9)18-2/h4-7H,3H2,1-2H3,(H,14,15,16,17). The summed E-state index contributed by atoms with van der Waals surface area (Å²) in [7, 11) is 1.59. The summed E-state index contributed by atoms with van der Waals surface area (Å²) in [5.74, 6) is 1.62. The van der Waals surface area contributed by atoms with Crippen LogP contribution in [0.3, 0.4) is 0 Å². The molecule has 0 bridgehead atoms. The van der Waals surface area contributed by atoms with E-state index < -0.39 is 0 Å². The van der Waals surface area contributed by atoms with Crippen molar-refractivity contribution in [2.75, 3.05) is 19.0 Å². The fraction of sp³-hybridized carbons (Fsp3) is 0.250. The summed E-state index contributed by atoms with van der Waals surface area (Å²) < 4.78 is 10.6. The molecule has 0 amide bonds. The van der Waals surface area contributed by atoms with Crippen LogP contribution in [0.4, 0.5) is 5.95 Å². The molecule has 7 heteroatoms. The van der Waals surface area contributed by atoms with Gasteiger partial charge in [0.15, 0.2) is 0 Å². The number of aromatic nitrogens is 3. The molecule has 0 unspecified atom stereocenters. The molecule has 6 nitrogen and oxygen atoms in total. The molecule has 2 rings (SSSR count). The van der Waals surface area contributed by atoms with Crippen LogP contribution in [0.15, 0.2) is 24.3 Å². The Hall–Kier alpha value is -2.08. The van der Waals surface area contributed by atoms with Crippen molar-refractivity contribution >= 4 is 17.5 Å². The Kier molecular flexibility index (Phi) is 4.35. The molecule has 1 aromatic heterocycles. The van der Waals surface area contributed by atoms with Crippen LogP contribution in [-0.4, -0.2) is 28.6 Å². The normalized spacial score (nSPS) is 10.1. The van der Waals surface area contributed by atoms with Crippen molar-refractivity contribution in [1.29, 1.82) is 0 Å². The molecule has 0 radical (unpaired) electrons. The largest absolute Gasteiger partial charge is 0.497 e. The third-order valence-corrected chi connectivity index (χ3v) is 2.34. The smallest absolute Gasteiger partial charge is 0.328 e. The highest BCUT2D eigenvalue weighted by molar-refractivity contribution is 6.28.